The van der Waals surface area contributed by atoms with Crippen LogP contribution in [0.25, 0.3) is 0 Å². The Labute approximate surface area is 74.5 Å². The monoisotopic (exact) mass is 166 g/mol. The van der Waals surface area contributed by atoms with Crippen molar-refractivity contribution in [1.29, 1.82) is 0 Å². The van der Waals surface area contributed by atoms with Crippen LogP contribution in [0, 0.1) is 0 Å². The van der Waals surface area contributed by atoms with E-state index >= 15 is 0 Å². The van der Waals surface area contributed by atoms with Gasteiger partial charge in [-0.15, -0.1) is 0 Å². The summed E-state index contributed by atoms with van der Waals surface area (Å²) in [5.41, 5.74) is 0. The Morgan fingerprint density at radius 1 is 0.833 bits per heavy atom. The summed E-state index contributed by atoms with van der Waals surface area (Å²) in [6.45, 7) is 2.65. The van der Waals surface area contributed by atoms with Gasteiger partial charge in [-0.2, -0.15) is 0 Å². The minimum absolute atomic E-state index is 0.926. The zero-order valence-corrected chi connectivity index (χ0v) is 7.87. The number of likely N-dealkylation sites (tertiary alicyclic amines) is 1. The number of hydrogen-bond acceptors (Lipinski definition) is 2. The molecule has 0 aromatic heterocycles. The largest absolute Gasteiger partial charge is 0.303 e. The molecule has 0 aromatic carbocycles. The Morgan fingerprint density at radius 2 is 1.33 bits per heavy atom. The minimum Gasteiger partial charge on any atom is -0.303 e. The number of nitrogens with zero attached hydrogens (tertiary/aromatic N) is 2. The van der Waals surface area contributed by atoms with Crippen LogP contribution in [0.1, 0.15) is 25.7 Å². The van der Waals surface area contributed by atoms with E-state index in [-0.39, 0.29) is 0 Å². The average molecular weight is 166 g/mol. The lowest BCUT2D eigenvalue weighted by molar-refractivity contribution is 0.0408. The molecule has 0 saturated carbocycles. The van der Waals surface area contributed by atoms with Crippen molar-refractivity contribution in [1.82, 2.24) is 9.80 Å². The lowest BCUT2D eigenvalue weighted by Crippen LogP contribution is -2.59. The maximum absolute atomic E-state index is 2.83. The molecule has 0 amide bonds. The molecule has 3 rings (SSSR count). The molecular formula is C10H18N2. The van der Waals surface area contributed by atoms with E-state index in [1.807, 2.05) is 0 Å². The van der Waals surface area contributed by atoms with Crippen LogP contribution in [0.15, 0.2) is 0 Å². The van der Waals surface area contributed by atoms with E-state index in [0.717, 1.165) is 18.1 Å². The van der Waals surface area contributed by atoms with Crippen LogP contribution in [0.4, 0.5) is 0 Å². The van der Waals surface area contributed by atoms with Crippen molar-refractivity contribution in [2.45, 2.75) is 43.8 Å². The van der Waals surface area contributed by atoms with Crippen molar-refractivity contribution in [3.05, 3.63) is 0 Å². The Morgan fingerprint density at radius 3 is 1.75 bits per heavy atom. The first-order valence-corrected chi connectivity index (χ1v) is 5.30. The third-order valence-electron chi connectivity index (χ3n) is 3.98. The molecule has 0 atom stereocenters. The van der Waals surface area contributed by atoms with Gasteiger partial charge in [-0.25, -0.2) is 0 Å². The summed E-state index contributed by atoms with van der Waals surface area (Å²) < 4.78 is 0. The average Bonchev–Trinajstić information content (AvgIpc) is 2.57. The van der Waals surface area contributed by atoms with Gasteiger partial charge in [0.2, 0.25) is 0 Å². The lowest BCUT2D eigenvalue weighted by Gasteiger charge is -2.44. The van der Waals surface area contributed by atoms with Gasteiger partial charge in [0.25, 0.3) is 0 Å². The maximum atomic E-state index is 2.83. The first-order valence-electron chi connectivity index (χ1n) is 5.30. The van der Waals surface area contributed by atoms with Crippen molar-refractivity contribution in [2.75, 3.05) is 20.1 Å². The molecule has 3 heterocycles. The van der Waals surface area contributed by atoms with E-state index in [9.17, 15) is 0 Å². The third kappa shape index (κ3) is 0.882. The first kappa shape index (κ1) is 7.34. The highest BCUT2D eigenvalue weighted by molar-refractivity contribution is 5.01. The van der Waals surface area contributed by atoms with Crippen molar-refractivity contribution < 1.29 is 0 Å². The summed E-state index contributed by atoms with van der Waals surface area (Å²) in [6.07, 6.45) is 5.96. The van der Waals surface area contributed by atoms with E-state index in [2.05, 4.69) is 16.8 Å². The topological polar surface area (TPSA) is 6.48 Å². The van der Waals surface area contributed by atoms with Crippen LogP contribution < -0.4 is 0 Å². The van der Waals surface area contributed by atoms with Gasteiger partial charge in [0, 0.05) is 31.2 Å². The summed E-state index contributed by atoms with van der Waals surface area (Å²) >= 11 is 0. The quantitative estimate of drug-likeness (QED) is 0.572. The Bertz CT molecular complexity index is 166. The highest BCUT2D eigenvalue weighted by Crippen LogP contribution is 2.40. The van der Waals surface area contributed by atoms with Gasteiger partial charge in [-0.1, -0.05) is 0 Å². The fourth-order valence-corrected chi connectivity index (χ4v) is 3.40. The molecule has 0 N–H and O–H groups in total. The van der Waals surface area contributed by atoms with E-state index < -0.39 is 0 Å². The van der Waals surface area contributed by atoms with Crippen LogP contribution in [0.3, 0.4) is 0 Å². The van der Waals surface area contributed by atoms with E-state index in [0.29, 0.717) is 0 Å². The zero-order valence-electron chi connectivity index (χ0n) is 7.87. The molecule has 3 aliphatic rings. The van der Waals surface area contributed by atoms with Gasteiger partial charge in [-0.3, -0.25) is 4.90 Å². The number of hydrogen-bond donors (Lipinski definition) is 0. The SMILES string of the molecule is CN1CC(N2C3CCC2CC3)C1. The Hall–Kier alpha value is -0.0800. The molecule has 2 nitrogen and oxygen atoms in total. The molecule has 0 aromatic rings. The Balaban J connectivity index is 1.69. The standard InChI is InChI=1S/C10H18N2/c1-11-6-10(7-11)12-8-2-3-9(12)5-4-8/h8-10H,2-7H2,1H3. The van der Waals surface area contributed by atoms with Crippen molar-refractivity contribution >= 4 is 0 Å². The normalized spacial score (nSPS) is 43.8. The molecule has 3 saturated heterocycles. The van der Waals surface area contributed by atoms with Gasteiger partial charge < -0.3 is 4.90 Å². The van der Waals surface area contributed by atoms with Crippen molar-refractivity contribution in [3.63, 3.8) is 0 Å². The molecule has 0 radical (unpaired) electrons. The summed E-state index contributed by atoms with van der Waals surface area (Å²) in [7, 11) is 2.23. The molecule has 3 fully saturated rings. The van der Waals surface area contributed by atoms with Gasteiger partial charge in [-0.05, 0) is 32.7 Å². The molecule has 12 heavy (non-hydrogen) atoms. The van der Waals surface area contributed by atoms with E-state index in [1.54, 1.807) is 0 Å². The first-order chi connectivity index (χ1) is 5.84. The summed E-state index contributed by atoms with van der Waals surface area (Å²) in [6, 6.07) is 2.89. The fraction of sp³-hybridized carbons (Fsp3) is 1.00. The van der Waals surface area contributed by atoms with Gasteiger partial charge >= 0.3 is 0 Å². The van der Waals surface area contributed by atoms with Crippen LogP contribution >= 0.6 is 0 Å². The second kappa shape index (κ2) is 2.46. The van der Waals surface area contributed by atoms with Gasteiger partial charge in [0.1, 0.15) is 0 Å². The molecule has 68 valence electrons. The minimum atomic E-state index is 0.926. The predicted octanol–water partition coefficient (Wildman–Crippen LogP) is 0.927. The third-order valence-corrected chi connectivity index (χ3v) is 3.98. The van der Waals surface area contributed by atoms with Crippen LogP contribution in [0.5, 0.6) is 0 Å². The molecule has 3 aliphatic heterocycles. The smallest absolute Gasteiger partial charge is 0.0356 e. The molecule has 0 spiro atoms. The highest BCUT2D eigenvalue weighted by Gasteiger charge is 2.45. The van der Waals surface area contributed by atoms with E-state index in [1.165, 1.54) is 38.8 Å². The van der Waals surface area contributed by atoms with Gasteiger partial charge in [0.05, 0.1) is 0 Å². The number of likely N-dealkylation sites (N-methyl/N-ethyl adjacent to an activating group) is 1. The Kier molecular flexibility index (Phi) is 1.50. The van der Waals surface area contributed by atoms with Crippen LogP contribution in [-0.2, 0) is 0 Å². The van der Waals surface area contributed by atoms with Crippen LogP contribution in [0.2, 0.25) is 0 Å². The second-order valence-electron chi connectivity index (χ2n) is 4.78. The fourth-order valence-electron chi connectivity index (χ4n) is 3.40. The molecule has 2 heteroatoms. The summed E-state index contributed by atoms with van der Waals surface area (Å²) in [4.78, 5) is 5.27. The number of fused-ring (bicyclic) bond motifs is 2. The maximum Gasteiger partial charge on any atom is 0.0356 e. The lowest BCUT2D eigenvalue weighted by atomic mass is 10.0. The highest BCUT2D eigenvalue weighted by atomic mass is 15.3. The number of rotatable bonds is 1. The summed E-state index contributed by atoms with van der Waals surface area (Å²) in [5, 5.41) is 0. The second-order valence-corrected chi connectivity index (χ2v) is 4.78. The molecule has 2 bridgehead atoms. The predicted molar refractivity (Wildman–Crippen MR) is 49.2 cm³/mol. The van der Waals surface area contributed by atoms with Gasteiger partial charge in [0.15, 0.2) is 0 Å². The van der Waals surface area contributed by atoms with E-state index in [4.69, 9.17) is 0 Å². The van der Waals surface area contributed by atoms with Crippen molar-refractivity contribution in [2.24, 2.45) is 0 Å². The molecule has 0 aliphatic carbocycles. The van der Waals surface area contributed by atoms with Crippen LogP contribution in [-0.4, -0.2) is 48.1 Å². The zero-order chi connectivity index (χ0) is 8.13. The van der Waals surface area contributed by atoms with Crippen molar-refractivity contribution in [3.8, 4) is 0 Å². The molecular weight excluding hydrogens is 148 g/mol. The molecule has 0 unspecified atom stereocenters. The summed E-state index contributed by atoms with van der Waals surface area (Å²) in [5.74, 6) is 0.